The summed E-state index contributed by atoms with van der Waals surface area (Å²) in [6.07, 6.45) is 2.79. The van der Waals surface area contributed by atoms with Gasteiger partial charge in [-0.1, -0.05) is 12.1 Å². The standard InChI is InChI=1S/C13H21N5O2/c1-5-6-19-8-13(3,14)12-15-11(20-17-12)10-7-18(4)16-9(10)2/h7H,5-6,8,14H2,1-4H3. The van der Waals surface area contributed by atoms with Crippen molar-refractivity contribution in [1.29, 1.82) is 0 Å². The molecule has 7 heteroatoms. The highest BCUT2D eigenvalue weighted by molar-refractivity contribution is 5.54. The zero-order valence-electron chi connectivity index (χ0n) is 12.4. The Hall–Kier alpha value is -1.73. The molecule has 7 nitrogen and oxygen atoms in total. The van der Waals surface area contributed by atoms with Crippen LogP contribution in [0, 0.1) is 6.92 Å². The third kappa shape index (κ3) is 3.05. The molecule has 0 amide bonds. The minimum absolute atomic E-state index is 0.353. The van der Waals surface area contributed by atoms with E-state index in [0.29, 0.717) is 24.9 Å². The normalized spacial score (nSPS) is 14.4. The fourth-order valence-electron chi connectivity index (χ4n) is 1.87. The molecule has 1 atom stereocenters. The van der Waals surface area contributed by atoms with E-state index < -0.39 is 5.54 Å². The Bertz CT molecular complexity index is 573. The van der Waals surface area contributed by atoms with Gasteiger partial charge in [-0.3, -0.25) is 4.68 Å². The summed E-state index contributed by atoms with van der Waals surface area (Å²) in [6, 6.07) is 0. The van der Waals surface area contributed by atoms with E-state index in [-0.39, 0.29) is 0 Å². The maximum absolute atomic E-state index is 6.18. The van der Waals surface area contributed by atoms with Crippen molar-refractivity contribution < 1.29 is 9.26 Å². The first-order valence-electron chi connectivity index (χ1n) is 6.65. The Labute approximate surface area is 118 Å². The molecule has 110 valence electrons. The van der Waals surface area contributed by atoms with Crippen molar-refractivity contribution in [3.63, 3.8) is 0 Å². The monoisotopic (exact) mass is 279 g/mol. The topological polar surface area (TPSA) is 92.0 Å². The maximum atomic E-state index is 6.18. The molecule has 2 heterocycles. The summed E-state index contributed by atoms with van der Waals surface area (Å²) in [4.78, 5) is 4.37. The average molecular weight is 279 g/mol. The molecule has 0 saturated heterocycles. The summed E-state index contributed by atoms with van der Waals surface area (Å²) in [7, 11) is 1.85. The van der Waals surface area contributed by atoms with Gasteiger partial charge in [0.15, 0.2) is 5.82 Å². The molecule has 0 aliphatic heterocycles. The van der Waals surface area contributed by atoms with Gasteiger partial charge in [0.1, 0.15) is 5.54 Å². The van der Waals surface area contributed by atoms with Crippen LogP contribution in [0.25, 0.3) is 11.5 Å². The number of rotatable bonds is 6. The lowest BCUT2D eigenvalue weighted by Gasteiger charge is -2.19. The van der Waals surface area contributed by atoms with E-state index in [2.05, 4.69) is 15.2 Å². The van der Waals surface area contributed by atoms with Crippen LogP contribution in [0.5, 0.6) is 0 Å². The zero-order chi connectivity index (χ0) is 14.8. The van der Waals surface area contributed by atoms with E-state index in [1.54, 1.807) is 4.68 Å². The smallest absolute Gasteiger partial charge is 0.261 e. The van der Waals surface area contributed by atoms with Gasteiger partial charge in [0.2, 0.25) is 0 Å². The van der Waals surface area contributed by atoms with Crippen LogP contribution < -0.4 is 5.73 Å². The third-order valence-corrected chi connectivity index (χ3v) is 2.93. The van der Waals surface area contributed by atoms with Crippen LogP contribution in [0.1, 0.15) is 31.8 Å². The molecule has 2 aromatic rings. The largest absolute Gasteiger partial charge is 0.379 e. The Morgan fingerprint density at radius 1 is 1.50 bits per heavy atom. The number of aryl methyl sites for hydroxylation is 2. The van der Waals surface area contributed by atoms with Crippen molar-refractivity contribution in [3.05, 3.63) is 17.7 Å². The van der Waals surface area contributed by atoms with Gasteiger partial charge in [0, 0.05) is 19.9 Å². The second kappa shape index (κ2) is 5.72. The molecule has 20 heavy (non-hydrogen) atoms. The predicted octanol–water partition coefficient (Wildman–Crippen LogP) is 1.38. The molecular weight excluding hydrogens is 258 g/mol. The number of nitrogens with zero attached hydrogens (tertiary/aromatic N) is 4. The first kappa shape index (κ1) is 14.7. The third-order valence-electron chi connectivity index (χ3n) is 2.93. The van der Waals surface area contributed by atoms with E-state index >= 15 is 0 Å². The number of aromatic nitrogens is 4. The average Bonchev–Trinajstić information content (AvgIpc) is 2.96. The molecule has 0 bridgehead atoms. The molecule has 0 aromatic carbocycles. The second-order valence-electron chi connectivity index (χ2n) is 5.20. The van der Waals surface area contributed by atoms with E-state index in [4.69, 9.17) is 15.0 Å². The molecule has 0 fully saturated rings. The molecule has 0 saturated carbocycles. The van der Waals surface area contributed by atoms with E-state index in [9.17, 15) is 0 Å². The molecule has 0 spiro atoms. The van der Waals surface area contributed by atoms with Crippen molar-refractivity contribution in [3.8, 4) is 11.5 Å². The van der Waals surface area contributed by atoms with Gasteiger partial charge in [0.25, 0.3) is 5.89 Å². The van der Waals surface area contributed by atoms with Gasteiger partial charge >= 0.3 is 0 Å². The lowest BCUT2D eigenvalue weighted by Crippen LogP contribution is -2.39. The Kier molecular flexibility index (Phi) is 4.20. The summed E-state index contributed by atoms with van der Waals surface area (Å²) in [6.45, 7) is 6.79. The first-order valence-corrected chi connectivity index (χ1v) is 6.65. The molecule has 2 N–H and O–H groups in total. The minimum Gasteiger partial charge on any atom is -0.379 e. The maximum Gasteiger partial charge on any atom is 0.261 e. The molecule has 0 aliphatic rings. The molecule has 0 aliphatic carbocycles. The number of hydrogen-bond donors (Lipinski definition) is 1. The number of ether oxygens (including phenoxy) is 1. The van der Waals surface area contributed by atoms with Crippen molar-refractivity contribution in [2.45, 2.75) is 32.7 Å². The van der Waals surface area contributed by atoms with Crippen molar-refractivity contribution in [2.24, 2.45) is 12.8 Å². The van der Waals surface area contributed by atoms with Crippen LogP contribution in [0.4, 0.5) is 0 Å². The summed E-state index contributed by atoms with van der Waals surface area (Å²) in [5, 5.41) is 8.22. The molecule has 0 radical (unpaired) electrons. The highest BCUT2D eigenvalue weighted by Gasteiger charge is 2.28. The Balaban J connectivity index is 2.18. The van der Waals surface area contributed by atoms with Gasteiger partial charge in [-0.2, -0.15) is 10.1 Å². The van der Waals surface area contributed by atoms with Crippen molar-refractivity contribution >= 4 is 0 Å². The lowest BCUT2D eigenvalue weighted by atomic mass is 10.1. The van der Waals surface area contributed by atoms with E-state index in [0.717, 1.165) is 17.7 Å². The lowest BCUT2D eigenvalue weighted by molar-refractivity contribution is 0.0867. The highest BCUT2D eigenvalue weighted by Crippen LogP contribution is 2.23. The Morgan fingerprint density at radius 3 is 2.85 bits per heavy atom. The van der Waals surface area contributed by atoms with E-state index in [1.165, 1.54) is 0 Å². The van der Waals surface area contributed by atoms with Gasteiger partial charge < -0.3 is 15.0 Å². The Morgan fingerprint density at radius 2 is 2.25 bits per heavy atom. The van der Waals surface area contributed by atoms with Crippen molar-refractivity contribution in [1.82, 2.24) is 19.9 Å². The first-order chi connectivity index (χ1) is 9.44. The fraction of sp³-hybridized carbons (Fsp3) is 0.615. The van der Waals surface area contributed by atoms with Crippen LogP contribution >= 0.6 is 0 Å². The minimum atomic E-state index is -0.771. The van der Waals surface area contributed by atoms with Gasteiger partial charge in [-0.05, 0) is 20.3 Å². The van der Waals surface area contributed by atoms with Gasteiger partial charge in [0.05, 0.1) is 17.9 Å². The number of hydrogen-bond acceptors (Lipinski definition) is 6. The van der Waals surface area contributed by atoms with Crippen LogP contribution in [-0.2, 0) is 17.3 Å². The predicted molar refractivity (Wildman–Crippen MR) is 73.9 cm³/mol. The fourth-order valence-corrected chi connectivity index (χ4v) is 1.87. The summed E-state index contributed by atoms with van der Waals surface area (Å²) in [5.41, 5.74) is 7.06. The zero-order valence-corrected chi connectivity index (χ0v) is 12.4. The second-order valence-corrected chi connectivity index (χ2v) is 5.20. The SMILES string of the molecule is CCCOCC(C)(N)c1noc(-c2cn(C)nc2C)n1. The van der Waals surface area contributed by atoms with Gasteiger partial charge in [-0.15, -0.1) is 0 Å². The molecule has 1 unspecified atom stereocenters. The summed E-state index contributed by atoms with van der Waals surface area (Å²) < 4.78 is 12.5. The van der Waals surface area contributed by atoms with Crippen molar-refractivity contribution in [2.75, 3.05) is 13.2 Å². The summed E-state index contributed by atoms with van der Waals surface area (Å²) >= 11 is 0. The van der Waals surface area contributed by atoms with Gasteiger partial charge in [-0.25, -0.2) is 0 Å². The van der Waals surface area contributed by atoms with Crippen LogP contribution in [0.15, 0.2) is 10.7 Å². The summed E-state index contributed by atoms with van der Waals surface area (Å²) in [5.74, 6) is 0.865. The van der Waals surface area contributed by atoms with E-state index in [1.807, 2.05) is 34.0 Å². The molecular formula is C13H21N5O2. The quantitative estimate of drug-likeness (QED) is 0.803. The molecule has 2 aromatic heterocycles. The number of nitrogens with two attached hydrogens (primary N) is 1. The van der Waals surface area contributed by atoms with Crippen LogP contribution in [-0.4, -0.2) is 33.1 Å². The van der Waals surface area contributed by atoms with Crippen LogP contribution in [0.3, 0.4) is 0 Å². The highest BCUT2D eigenvalue weighted by atomic mass is 16.5. The molecule has 2 rings (SSSR count). The van der Waals surface area contributed by atoms with Crippen LogP contribution in [0.2, 0.25) is 0 Å².